The molecule has 26 heavy (non-hydrogen) atoms. The lowest BCUT2D eigenvalue weighted by Gasteiger charge is -2.17. The molecule has 0 radical (unpaired) electrons. The molecule has 134 valence electrons. The summed E-state index contributed by atoms with van der Waals surface area (Å²) in [5.41, 5.74) is -1.04. The fourth-order valence-corrected chi connectivity index (χ4v) is 3.66. The lowest BCUT2D eigenvalue weighted by molar-refractivity contribution is -0.141. The van der Waals surface area contributed by atoms with Gasteiger partial charge in [0.15, 0.2) is 5.78 Å². The number of hydrogen-bond acceptors (Lipinski definition) is 6. The summed E-state index contributed by atoms with van der Waals surface area (Å²) in [5.74, 6) is -1.19. The first-order valence-electron chi connectivity index (χ1n) is 7.83. The van der Waals surface area contributed by atoms with Gasteiger partial charge in [0.1, 0.15) is 10.9 Å². The van der Waals surface area contributed by atoms with Gasteiger partial charge in [0.2, 0.25) is 0 Å². The molecule has 0 saturated carbocycles. The van der Waals surface area contributed by atoms with Crippen LogP contribution in [0, 0.1) is 6.92 Å². The average Bonchev–Trinajstić information content (AvgIpc) is 3.01. The number of nitrogens with one attached hydrogen (secondary N) is 1. The minimum Gasteiger partial charge on any atom is -0.469 e. The van der Waals surface area contributed by atoms with Crippen LogP contribution in [0.25, 0.3) is 10.2 Å². The Balaban J connectivity index is 2.20. The molecule has 0 aliphatic heterocycles. The van der Waals surface area contributed by atoms with E-state index >= 15 is 0 Å². The number of esters is 1. The predicted octanol–water partition coefficient (Wildman–Crippen LogP) is 2.05. The molecular weight excluding hydrogens is 356 g/mol. The largest absolute Gasteiger partial charge is 0.469 e. The SMILES string of the molecule is COC(=O)CC(C(=O)c1ccccc1)n1c(=O)[nH]c2sc(C)cc2c1=O. The number of aromatic nitrogens is 2. The van der Waals surface area contributed by atoms with Gasteiger partial charge in [-0.1, -0.05) is 30.3 Å². The van der Waals surface area contributed by atoms with Crippen molar-refractivity contribution in [2.75, 3.05) is 7.11 Å². The molecule has 0 amide bonds. The highest BCUT2D eigenvalue weighted by Crippen LogP contribution is 2.21. The lowest BCUT2D eigenvalue weighted by atomic mass is 10.0. The summed E-state index contributed by atoms with van der Waals surface area (Å²) in [4.78, 5) is 54.0. The topological polar surface area (TPSA) is 98.2 Å². The first kappa shape index (κ1) is 17.8. The van der Waals surface area contributed by atoms with Crippen molar-refractivity contribution in [3.63, 3.8) is 0 Å². The molecule has 0 aliphatic rings. The van der Waals surface area contributed by atoms with Gasteiger partial charge in [-0.05, 0) is 13.0 Å². The third kappa shape index (κ3) is 3.23. The second kappa shape index (κ2) is 7.09. The summed E-state index contributed by atoms with van der Waals surface area (Å²) in [6.07, 6.45) is -0.415. The molecule has 2 aromatic heterocycles. The number of Topliss-reactive ketones (excluding diaryl/α,β-unsaturated/α-hetero) is 1. The van der Waals surface area contributed by atoms with Gasteiger partial charge in [-0.25, -0.2) is 9.36 Å². The molecule has 0 saturated heterocycles. The number of hydrogen-bond donors (Lipinski definition) is 1. The Morgan fingerprint density at radius 2 is 1.92 bits per heavy atom. The molecule has 0 bridgehead atoms. The molecule has 1 unspecified atom stereocenters. The van der Waals surface area contributed by atoms with Gasteiger partial charge in [-0.2, -0.15) is 0 Å². The number of ether oxygens (including phenoxy) is 1. The van der Waals surface area contributed by atoms with Crippen LogP contribution in [0.5, 0.6) is 0 Å². The van der Waals surface area contributed by atoms with E-state index in [0.717, 1.165) is 9.44 Å². The van der Waals surface area contributed by atoms with Gasteiger partial charge in [-0.3, -0.25) is 19.4 Å². The van der Waals surface area contributed by atoms with E-state index in [1.165, 1.54) is 18.4 Å². The summed E-state index contributed by atoms with van der Waals surface area (Å²) in [5, 5.41) is 0.308. The normalized spacial score (nSPS) is 12.1. The number of ketones is 1. The van der Waals surface area contributed by atoms with Crippen molar-refractivity contribution in [3.8, 4) is 0 Å². The van der Waals surface area contributed by atoms with Gasteiger partial charge < -0.3 is 4.74 Å². The van der Waals surface area contributed by atoms with Gasteiger partial charge >= 0.3 is 11.7 Å². The predicted molar refractivity (Wildman–Crippen MR) is 97.9 cm³/mol. The maximum absolute atomic E-state index is 12.9. The summed E-state index contributed by atoms with van der Waals surface area (Å²) in [7, 11) is 1.19. The van der Waals surface area contributed by atoms with Crippen LogP contribution in [0.2, 0.25) is 0 Å². The van der Waals surface area contributed by atoms with Crippen LogP contribution in [0.15, 0.2) is 46.0 Å². The van der Waals surface area contributed by atoms with Crippen LogP contribution in [0.1, 0.15) is 27.7 Å². The molecule has 1 atom stereocenters. The van der Waals surface area contributed by atoms with E-state index in [0.29, 0.717) is 15.8 Å². The van der Waals surface area contributed by atoms with Crippen molar-refractivity contribution in [2.24, 2.45) is 0 Å². The second-order valence-electron chi connectivity index (χ2n) is 5.73. The number of H-pyrrole nitrogens is 1. The number of carbonyl (C=O) groups is 2. The van der Waals surface area contributed by atoms with Crippen LogP contribution < -0.4 is 11.2 Å². The molecule has 3 aromatic rings. The standard InChI is InChI=1S/C18H16N2O5S/c1-10-8-12-16(26-10)19-18(24)20(17(12)23)13(9-14(21)25-2)15(22)11-6-4-3-5-7-11/h3-8,13H,9H2,1-2H3,(H,19,24). The van der Waals surface area contributed by atoms with Crippen molar-refractivity contribution in [1.82, 2.24) is 9.55 Å². The van der Waals surface area contributed by atoms with E-state index in [-0.39, 0.29) is 0 Å². The fraction of sp³-hybridized carbons (Fsp3) is 0.222. The first-order valence-corrected chi connectivity index (χ1v) is 8.65. The molecule has 2 heterocycles. The number of aromatic amines is 1. The molecule has 0 aliphatic carbocycles. The Morgan fingerprint density at radius 1 is 1.23 bits per heavy atom. The van der Waals surface area contributed by atoms with Gasteiger partial charge in [-0.15, -0.1) is 11.3 Å². The molecule has 0 fully saturated rings. The zero-order valence-electron chi connectivity index (χ0n) is 14.1. The Morgan fingerprint density at radius 3 is 2.58 bits per heavy atom. The van der Waals surface area contributed by atoms with Crippen LogP contribution in [-0.2, 0) is 9.53 Å². The van der Waals surface area contributed by atoms with Crippen molar-refractivity contribution >= 4 is 33.3 Å². The zero-order chi connectivity index (χ0) is 18.8. The second-order valence-corrected chi connectivity index (χ2v) is 6.99. The van der Waals surface area contributed by atoms with Crippen LogP contribution in [0.4, 0.5) is 0 Å². The molecule has 1 aromatic carbocycles. The molecule has 3 rings (SSSR count). The third-order valence-electron chi connectivity index (χ3n) is 4.00. The van der Waals surface area contributed by atoms with Crippen LogP contribution >= 0.6 is 11.3 Å². The van der Waals surface area contributed by atoms with Crippen LogP contribution in [-0.4, -0.2) is 28.4 Å². The molecule has 1 N–H and O–H groups in total. The summed E-state index contributed by atoms with van der Waals surface area (Å²) in [6, 6.07) is 8.58. The monoisotopic (exact) mass is 372 g/mol. The average molecular weight is 372 g/mol. The Kier molecular flexibility index (Phi) is 4.85. The highest BCUT2D eigenvalue weighted by molar-refractivity contribution is 7.18. The van der Waals surface area contributed by atoms with E-state index in [1.807, 2.05) is 6.92 Å². The number of fused-ring (bicyclic) bond motifs is 1. The quantitative estimate of drug-likeness (QED) is 0.546. The number of benzene rings is 1. The number of carbonyl (C=O) groups excluding carboxylic acids is 2. The molecule has 7 nitrogen and oxygen atoms in total. The van der Waals surface area contributed by atoms with E-state index in [4.69, 9.17) is 0 Å². The maximum Gasteiger partial charge on any atom is 0.330 e. The Hall–Kier alpha value is -3.00. The highest BCUT2D eigenvalue weighted by atomic mass is 32.1. The fourth-order valence-electron chi connectivity index (χ4n) is 2.77. The minimum absolute atomic E-state index is 0.300. The molecular formula is C18H16N2O5S. The number of aryl methyl sites for hydroxylation is 1. The van der Waals surface area contributed by atoms with Gasteiger partial charge in [0.05, 0.1) is 18.9 Å². The summed E-state index contributed by atoms with van der Waals surface area (Å²) in [6.45, 7) is 1.81. The smallest absolute Gasteiger partial charge is 0.330 e. The number of rotatable bonds is 5. The minimum atomic E-state index is -1.29. The third-order valence-corrected chi connectivity index (χ3v) is 4.97. The molecule has 0 spiro atoms. The number of methoxy groups -OCH3 is 1. The summed E-state index contributed by atoms with van der Waals surface area (Å²) >= 11 is 1.28. The zero-order valence-corrected chi connectivity index (χ0v) is 15.0. The summed E-state index contributed by atoms with van der Waals surface area (Å²) < 4.78 is 5.45. The van der Waals surface area contributed by atoms with Gasteiger partial charge in [0.25, 0.3) is 5.56 Å². The van der Waals surface area contributed by atoms with E-state index in [9.17, 15) is 19.2 Å². The van der Waals surface area contributed by atoms with Crippen LogP contribution in [0.3, 0.4) is 0 Å². The van der Waals surface area contributed by atoms with Gasteiger partial charge in [0, 0.05) is 10.4 Å². The first-order chi connectivity index (χ1) is 12.4. The van der Waals surface area contributed by atoms with E-state index < -0.39 is 35.5 Å². The van der Waals surface area contributed by atoms with Crippen molar-refractivity contribution < 1.29 is 14.3 Å². The van der Waals surface area contributed by atoms with Crippen molar-refractivity contribution in [1.29, 1.82) is 0 Å². The highest BCUT2D eigenvalue weighted by Gasteiger charge is 2.29. The number of thiophene rings is 1. The number of nitrogens with zero attached hydrogens (tertiary/aromatic N) is 1. The van der Waals surface area contributed by atoms with E-state index in [2.05, 4.69) is 9.72 Å². The maximum atomic E-state index is 12.9. The molecule has 8 heteroatoms. The lowest BCUT2D eigenvalue weighted by Crippen LogP contribution is -2.41. The Bertz CT molecular complexity index is 1090. The Labute approximate surface area is 151 Å². The van der Waals surface area contributed by atoms with Crippen molar-refractivity contribution in [2.45, 2.75) is 19.4 Å². The van der Waals surface area contributed by atoms with Crippen molar-refractivity contribution in [3.05, 3.63) is 67.7 Å². The van der Waals surface area contributed by atoms with E-state index in [1.54, 1.807) is 36.4 Å².